The fourth-order valence-electron chi connectivity index (χ4n) is 3.30. The zero-order chi connectivity index (χ0) is 19.3. The molecule has 3 rings (SSSR count). The molecule has 0 aromatic heterocycles. The van der Waals surface area contributed by atoms with E-state index in [2.05, 4.69) is 21.9 Å². The molecule has 8 heteroatoms. The first kappa shape index (κ1) is 22.3. The second-order valence-corrected chi connectivity index (χ2v) is 8.27. The van der Waals surface area contributed by atoms with Crippen LogP contribution in [-0.2, 0) is 16.4 Å². The highest BCUT2D eigenvalue weighted by Gasteiger charge is 2.21. The Kier molecular flexibility index (Phi) is 7.98. The number of methoxy groups -OCH3 is 1. The Bertz CT molecular complexity index is 884. The maximum atomic E-state index is 13.0. The second kappa shape index (κ2) is 10.0. The molecule has 1 heterocycles. The van der Waals surface area contributed by atoms with Gasteiger partial charge in [-0.25, -0.2) is 8.42 Å². The quantitative estimate of drug-likeness (QED) is 0.712. The van der Waals surface area contributed by atoms with Crippen LogP contribution in [0, 0.1) is 0 Å². The summed E-state index contributed by atoms with van der Waals surface area (Å²) in [6.07, 6.45) is 1.78. The van der Waals surface area contributed by atoms with E-state index in [9.17, 15) is 8.42 Å². The Morgan fingerprint density at radius 3 is 2.54 bits per heavy atom. The molecule has 2 aromatic carbocycles. The van der Waals surface area contributed by atoms with Crippen molar-refractivity contribution in [1.29, 1.82) is 0 Å². The number of hydrogen-bond acceptors (Lipinski definition) is 5. The molecule has 28 heavy (non-hydrogen) atoms. The van der Waals surface area contributed by atoms with Gasteiger partial charge < -0.3 is 15.0 Å². The lowest BCUT2D eigenvalue weighted by molar-refractivity contribution is 0.412. The van der Waals surface area contributed by atoms with E-state index in [1.165, 1.54) is 0 Å². The van der Waals surface area contributed by atoms with Gasteiger partial charge in [-0.05, 0) is 36.2 Å². The average molecular weight is 426 g/mol. The maximum Gasteiger partial charge on any atom is 0.261 e. The number of para-hydroxylation sites is 1. The van der Waals surface area contributed by atoms with Crippen molar-refractivity contribution in [2.45, 2.75) is 24.7 Å². The predicted molar refractivity (Wildman–Crippen MR) is 117 cm³/mol. The molecule has 1 aliphatic heterocycles. The normalized spacial score (nSPS) is 14.3. The lowest BCUT2D eigenvalue weighted by atomic mass is 10.1. The third kappa shape index (κ3) is 5.10. The summed E-state index contributed by atoms with van der Waals surface area (Å²) in [5, 5.41) is 3.30. The van der Waals surface area contributed by atoms with E-state index in [0.717, 1.165) is 50.3 Å². The van der Waals surface area contributed by atoms with E-state index >= 15 is 0 Å². The molecule has 0 aliphatic carbocycles. The van der Waals surface area contributed by atoms with E-state index in [-0.39, 0.29) is 17.3 Å². The molecule has 154 valence electrons. The molecule has 0 unspecified atom stereocenters. The first-order chi connectivity index (χ1) is 13.0. The molecule has 0 radical (unpaired) electrons. The van der Waals surface area contributed by atoms with Crippen molar-refractivity contribution in [3.8, 4) is 5.75 Å². The van der Waals surface area contributed by atoms with Crippen LogP contribution in [0.4, 0.5) is 11.4 Å². The number of sulfonamides is 1. The van der Waals surface area contributed by atoms with Crippen molar-refractivity contribution in [1.82, 2.24) is 5.32 Å². The van der Waals surface area contributed by atoms with E-state index in [1.807, 2.05) is 24.3 Å². The van der Waals surface area contributed by atoms with Crippen molar-refractivity contribution in [2.24, 2.45) is 0 Å². The largest absolute Gasteiger partial charge is 0.495 e. The van der Waals surface area contributed by atoms with Crippen LogP contribution in [0.3, 0.4) is 0 Å². The standard InChI is InChI=1S/C20H27N3O3S.ClH/c1-3-6-16-7-4-5-8-18(16)22-27(24,25)17-9-10-20(26-2)19(15-17)23-13-11-21-12-14-23;/h4-5,7-10,15,21-22H,3,6,11-14H2,1-2H3;1H. The third-order valence-corrected chi connectivity index (χ3v) is 6.06. The van der Waals surface area contributed by atoms with Gasteiger partial charge >= 0.3 is 0 Å². The number of halogens is 1. The number of nitrogens with one attached hydrogen (secondary N) is 2. The highest BCUT2D eigenvalue weighted by molar-refractivity contribution is 7.92. The van der Waals surface area contributed by atoms with E-state index in [4.69, 9.17) is 4.74 Å². The SMILES string of the molecule is CCCc1ccccc1NS(=O)(=O)c1ccc(OC)c(N2CCNCC2)c1.Cl. The Morgan fingerprint density at radius 2 is 1.86 bits per heavy atom. The lowest BCUT2D eigenvalue weighted by Crippen LogP contribution is -2.43. The molecule has 2 N–H and O–H groups in total. The summed E-state index contributed by atoms with van der Waals surface area (Å²) >= 11 is 0. The third-order valence-electron chi connectivity index (χ3n) is 4.70. The van der Waals surface area contributed by atoms with Crippen molar-refractivity contribution in [2.75, 3.05) is 42.9 Å². The van der Waals surface area contributed by atoms with Gasteiger partial charge in [0.05, 0.1) is 23.4 Å². The fraction of sp³-hybridized carbons (Fsp3) is 0.400. The monoisotopic (exact) mass is 425 g/mol. The molecule has 0 atom stereocenters. The van der Waals surface area contributed by atoms with Crippen LogP contribution in [0.25, 0.3) is 0 Å². The predicted octanol–water partition coefficient (Wildman–Crippen LogP) is 3.28. The molecule has 1 aliphatic rings. The number of ether oxygens (including phenoxy) is 1. The van der Waals surface area contributed by atoms with Gasteiger partial charge in [-0.1, -0.05) is 31.5 Å². The second-order valence-electron chi connectivity index (χ2n) is 6.58. The van der Waals surface area contributed by atoms with Gasteiger partial charge in [0.2, 0.25) is 0 Å². The van der Waals surface area contributed by atoms with Gasteiger partial charge in [0.15, 0.2) is 0 Å². The van der Waals surface area contributed by atoms with Crippen LogP contribution < -0.4 is 19.7 Å². The summed E-state index contributed by atoms with van der Waals surface area (Å²) in [6.45, 7) is 5.43. The number of piperazine rings is 1. The smallest absolute Gasteiger partial charge is 0.261 e. The topological polar surface area (TPSA) is 70.7 Å². The number of hydrogen-bond donors (Lipinski definition) is 2. The van der Waals surface area contributed by atoms with Crippen LogP contribution in [-0.4, -0.2) is 41.7 Å². The molecule has 0 bridgehead atoms. The lowest BCUT2D eigenvalue weighted by Gasteiger charge is -2.30. The Balaban J connectivity index is 0.00000280. The average Bonchev–Trinajstić information content (AvgIpc) is 2.69. The van der Waals surface area contributed by atoms with Gasteiger partial charge in [0.1, 0.15) is 5.75 Å². The summed E-state index contributed by atoms with van der Waals surface area (Å²) in [5.41, 5.74) is 2.45. The molecule has 0 amide bonds. The summed E-state index contributed by atoms with van der Waals surface area (Å²) < 4.78 is 34.2. The molecular weight excluding hydrogens is 398 g/mol. The van der Waals surface area contributed by atoms with Crippen molar-refractivity contribution in [3.63, 3.8) is 0 Å². The molecule has 6 nitrogen and oxygen atoms in total. The first-order valence-corrected chi connectivity index (χ1v) is 10.8. The van der Waals surface area contributed by atoms with E-state index in [0.29, 0.717) is 11.4 Å². The number of benzene rings is 2. The van der Waals surface area contributed by atoms with E-state index < -0.39 is 10.0 Å². The Labute approximate surface area is 173 Å². The maximum absolute atomic E-state index is 13.0. The Morgan fingerprint density at radius 1 is 1.14 bits per heavy atom. The number of anilines is 2. The van der Waals surface area contributed by atoms with Crippen molar-refractivity contribution in [3.05, 3.63) is 48.0 Å². The molecule has 0 saturated carbocycles. The zero-order valence-electron chi connectivity index (χ0n) is 16.3. The number of aryl methyl sites for hydroxylation is 1. The minimum absolute atomic E-state index is 0. The molecular formula is C20H28ClN3O3S. The first-order valence-electron chi connectivity index (χ1n) is 9.29. The Hall–Kier alpha value is -1.96. The molecule has 0 spiro atoms. The van der Waals surface area contributed by atoms with Crippen LogP contribution in [0.5, 0.6) is 5.75 Å². The van der Waals surface area contributed by atoms with Gasteiger partial charge in [0.25, 0.3) is 10.0 Å². The van der Waals surface area contributed by atoms with Gasteiger partial charge in [-0.15, -0.1) is 12.4 Å². The minimum Gasteiger partial charge on any atom is -0.495 e. The number of rotatable bonds is 7. The van der Waals surface area contributed by atoms with Gasteiger partial charge in [-0.2, -0.15) is 0 Å². The summed E-state index contributed by atoms with van der Waals surface area (Å²) in [6, 6.07) is 12.6. The summed E-state index contributed by atoms with van der Waals surface area (Å²) in [7, 11) is -2.08. The van der Waals surface area contributed by atoms with Crippen LogP contribution in [0.15, 0.2) is 47.4 Å². The number of nitrogens with zero attached hydrogens (tertiary/aromatic N) is 1. The van der Waals surface area contributed by atoms with Gasteiger partial charge in [0, 0.05) is 26.2 Å². The molecule has 2 aromatic rings. The molecule has 1 saturated heterocycles. The molecule has 1 fully saturated rings. The van der Waals surface area contributed by atoms with Crippen molar-refractivity contribution >= 4 is 33.8 Å². The van der Waals surface area contributed by atoms with Crippen LogP contribution in [0.1, 0.15) is 18.9 Å². The summed E-state index contributed by atoms with van der Waals surface area (Å²) in [4.78, 5) is 2.39. The highest BCUT2D eigenvalue weighted by Crippen LogP contribution is 2.32. The fourth-order valence-corrected chi connectivity index (χ4v) is 4.42. The van der Waals surface area contributed by atoms with Gasteiger partial charge in [-0.3, -0.25) is 4.72 Å². The highest BCUT2D eigenvalue weighted by atomic mass is 35.5. The zero-order valence-corrected chi connectivity index (χ0v) is 17.9. The van der Waals surface area contributed by atoms with Crippen LogP contribution in [0.2, 0.25) is 0 Å². The van der Waals surface area contributed by atoms with Crippen LogP contribution >= 0.6 is 12.4 Å². The van der Waals surface area contributed by atoms with E-state index in [1.54, 1.807) is 25.3 Å². The minimum atomic E-state index is -3.69. The summed E-state index contributed by atoms with van der Waals surface area (Å²) in [5.74, 6) is 0.683. The van der Waals surface area contributed by atoms with Crippen molar-refractivity contribution < 1.29 is 13.2 Å².